The van der Waals surface area contributed by atoms with Crippen LogP contribution in [-0.2, 0) is 13.4 Å². The summed E-state index contributed by atoms with van der Waals surface area (Å²) >= 11 is 0. The van der Waals surface area contributed by atoms with Crippen molar-refractivity contribution in [2.45, 2.75) is 0 Å². The van der Waals surface area contributed by atoms with Crippen LogP contribution >= 0.6 is 0 Å². The van der Waals surface area contributed by atoms with Gasteiger partial charge in [-0.25, -0.2) is 0 Å². The summed E-state index contributed by atoms with van der Waals surface area (Å²) in [6.07, 6.45) is 0. The number of rotatable bonds is 0. The zero-order valence-corrected chi connectivity index (χ0v) is 12.1. The summed E-state index contributed by atoms with van der Waals surface area (Å²) in [5.41, 5.74) is 0. The molecule has 0 radical (unpaired) electrons. The first kappa shape index (κ1) is 22.8. The molecular weight excluding hydrogens is 303 g/mol. The third-order valence-corrected chi connectivity index (χ3v) is 0. The van der Waals surface area contributed by atoms with E-state index < -0.39 is 27.5 Å². The second-order valence-electron chi connectivity index (χ2n) is 0.848. The first-order valence-electron chi connectivity index (χ1n) is 1.95. The molecule has 0 aliphatic carbocycles. The molecule has 13 heteroatoms. The Bertz CT molecular complexity index is 112. The van der Waals surface area contributed by atoms with Crippen LogP contribution < -0.4 is 0 Å². The summed E-state index contributed by atoms with van der Waals surface area (Å²) in [7, 11) is -9.39. The van der Waals surface area contributed by atoms with Gasteiger partial charge in [0.25, 0.3) is 0 Å². The Kier molecular flexibility index (Phi) is 30.7. The van der Waals surface area contributed by atoms with E-state index in [1.165, 1.54) is 0 Å². The summed E-state index contributed by atoms with van der Waals surface area (Å²) in [4.78, 5) is 42.9. The van der Waals surface area contributed by atoms with Gasteiger partial charge in [-0.05, 0) is 0 Å². The van der Waals surface area contributed by atoms with E-state index in [-0.39, 0.29) is 18.0 Å². The predicted molar refractivity (Wildman–Crippen MR) is 42.6 cm³/mol. The van der Waals surface area contributed by atoms with Crippen LogP contribution in [0.15, 0.2) is 0 Å². The Hall–Kier alpha value is -0.591. The van der Waals surface area contributed by atoms with Crippen LogP contribution in [0.2, 0.25) is 0 Å². The van der Waals surface area contributed by atoms with Crippen molar-refractivity contribution in [3.63, 3.8) is 0 Å². The molecule has 0 fully saturated rings. The standard InChI is InChI=1S/AsH3.3H2O3Si/c;3*1-4(2)3/h1H3;3*1-2H. The van der Waals surface area contributed by atoms with Crippen LogP contribution in [0.4, 0.5) is 0 Å². The maximum atomic E-state index is 8.74. The van der Waals surface area contributed by atoms with Gasteiger partial charge in [-0.1, -0.05) is 0 Å². The van der Waals surface area contributed by atoms with E-state index in [9.17, 15) is 0 Å². The Balaban J connectivity index is -0.0000000450. The van der Waals surface area contributed by atoms with Crippen LogP contribution in [0.5, 0.6) is 0 Å². The van der Waals surface area contributed by atoms with Crippen molar-refractivity contribution in [1.82, 2.24) is 0 Å². The van der Waals surface area contributed by atoms with Crippen molar-refractivity contribution in [2.75, 3.05) is 0 Å². The molecule has 0 saturated carbocycles. The second kappa shape index (κ2) is 17.5. The van der Waals surface area contributed by atoms with E-state index in [1.54, 1.807) is 0 Å². The zero-order chi connectivity index (χ0) is 10.7. The third-order valence-electron chi connectivity index (χ3n) is 0. The molecule has 0 aromatic carbocycles. The van der Waals surface area contributed by atoms with E-state index in [1.807, 2.05) is 0 Å². The summed E-state index contributed by atoms with van der Waals surface area (Å²) in [6, 6.07) is 0. The molecule has 0 bridgehead atoms. The van der Waals surface area contributed by atoms with Crippen molar-refractivity contribution < 1.29 is 42.2 Å². The molecule has 0 rings (SSSR count). The zero-order valence-electron chi connectivity index (χ0n) is 6.12. The molecule has 13 heavy (non-hydrogen) atoms. The molecule has 0 amide bonds. The number of hydrogen-bond donors (Lipinski definition) is 6. The van der Waals surface area contributed by atoms with E-state index in [0.717, 1.165) is 0 Å². The quantitative estimate of drug-likeness (QED) is 0.238. The van der Waals surface area contributed by atoms with Crippen LogP contribution in [0.25, 0.3) is 0 Å². The Morgan fingerprint density at radius 2 is 0.538 bits per heavy atom. The Labute approximate surface area is 87.9 Å². The van der Waals surface area contributed by atoms with Gasteiger partial charge in [0, 0.05) is 0 Å². The van der Waals surface area contributed by atoms with E-state index in [2.05, 4.69) is 0 Å². The first-order chi connectivity index (χ1) is 5.20. The number of hydrogen-bond acceptors (Lipinski definition) is 3. The van der Waals surface area contributed by atoms with Gasteiger partial charge in [-0.3, -0.25) is 13.4 Å². The van der Waals surface area contributed by atoms with Crippen molar-refractivity contribution in [2.24, 2.45) is 0 Å². The molecule has 0 spiro atoms. The molecular formula is H9AsO9Si3. The second-order valence-corrected chi connectivity index (χ2v) is 2.54. The van der Waals surface area contributed by atoms with Crippen LogP contribution in [-0.4, -0.2) is 74.2 Å². The fourth-order valence-corrected chi connectivity index (χ4v) is 0. The van der Waals surface area contributed by atoms with Crippen molar-refractivity contribution in [3.05, 3.63) is 0 Å². The van der Waals surface area contributed by atoms with Crippen molar-refractivity contribution in [1.29, 1.82) is 0 Å². The Morgan fingerprint density at radius 3 is 0.538 bits per heavy atom. The van der Waals surface area contributed by atoms with Crippen LogP contribution in [0.1, 0.15) is 0 Å². The van der Waals surface area contributed by atoms with Gasteiger partial charge in [-0.15, -0.1) is 0 Å². The summed E-state index contributed by atoms with van der Waals surface area (Å²) in [5, 5.41) is 0. The summed E-state index contributed by atoms with van der Waals surface area (Å²) in [5.74, 6) is 0. The van der Waals surface area contributed by atoms with Crippen LogP contribution in [0.3, 0.4) is 0 Å². The monoisotopic (exact) mass is 312 g/mol. The van der Waals surface area contributed by atoms with E-state index in [4.69, 9.17) is 42.2 Å². The Morgan fingerprint density at radius 1 is 0.538 bits per heavy atom. The van der Waals surface area contributed by atoms with Gasteiger partial charge in [0.2, 0.25) is 0 Å². The molecule has 80 valence electrons. The van der Waals surface area contributed by atoms with Crippen molar-refractivity contribution in [3.8, 4) is 0 Å². The molecule has 1 atom stereocenters. The average Bonchev–Trinajstić information content (AvgIpc) is 1.54. The molecule has 0 aromatic heterocycles. The summed E-state index contributed by atoms with van der Waals surface area (Å²) in [6.45, 7) is 0. The molecule has 0 saturated heterocycles. The molecule has 0 aliphatic rings. The molecule has 6 N–H and O–H groups in total. The van der Waals surface area contributed by atoms with E-state index in [0.29, 0.717) is 0 Å². The minimum atomic E-state index is -3.13. The van der Waals surface area contributed by atoms with Gasteiger partial charge in [0.15, 0.2) is 0 Å². The maximum absolute atomic E-state index is 8.74. The minimum absolute atomic E-state index is 0. The van der Waals surface area contributed by atoms with Gasteiger partial charge >= 0.3 is 45.5 Å². The molecule has 0 aromatic rings. The molecule has 0 aliphatic heterocycles. The van der Waals surface area contributed by atoms with Gasteiger partial charge < -0.3 is 28.8 Å². The third kappa shape index (κ3) is 2890. The molecule has 9 nitrogen and oxygen atoms in total. The van der Waals surface area contributed by atoms with Gasteiger partial charge in [-0.2, -0.15) is 0 Å². The average molecular weight is 312 g/mol. The molecule has 0 heterocycles. The molecule has 1 unspecified atom stereocenters. The topological polar surface area (TPSA) is 173 Å². The van der Waals surface area contributed by atoms with Gasteiger partial charge in [0.1, 0.15) is 0 Å². The van der Waals surface area contributed by atoms with Gasteiger partial charge in [0.05, 0.1) is 0 Å². The van der Waals surface area contributed by atoms with E-state index >= 15 is 0 Å². The fourth-order valence-electron chi connectivity index (χ4n) is 0. The predicted octanol–water partition coefficient (Wildman–Crippen LogP) is -6.02. The SMILES string of the molecule is O=[Si](O)O.O=[Si](O)O.O=[Si](O)O.[AsH3]. The first-order valence-corrected chi connectivity index (χ1v) is 5.86. The normalized spacial score (nSPS) is 5.54. The fraction of sp³-hybridized carbons (Fsp3) is 0. The van der Waals surface area contributed by atoms with Crippen molar-refractivity contribution >= 4 is 45.5 Å². The summed E-state index contributed by atoms with van der Waals surface area (Å²) < 4.78 is 26.2. The van der Waals surface area contributed by atoms with Crippen LogP contribution in [0, 0.1) is 0 Å².